The molecule has 1 saturated heterocycles. The molecule has 4 nitrogen and oxygen atoms in total. The Kier molecular flexibility index (Phi) is 3.97. The molecule has 0 aliphatic carbocycles. The van der Waals surface area contributed by atoms with Crippen LogP contribution in [0.15, 0.2) is 24.5 Å². The Bertz CT molecular complexity index is 408. The first-order valence-electron chi connectivity index (χ1n) is 6.51. The summed E-state index contributed by atoms with van der Waals surface area (Å²) in [7, 11) is 0. The highest BCUT2D eigenvalue weighted by molar-refractivity contribution is 5.75. The van der Waals surface area contributed by atoms with E-state index in [-0.39, 0.29) is 0 Å². The summed E-state index contributed by atoms with van der Waals surface area (Å²) in [5, 5.41) is 9.62. The van der Waals surface area contributed by atoms with E-state index in [1.807, 2.05) is 12.1 Å². The first-order valence-corrected chi connectivity index (χ1v) is 6.51. The van der Waals surface area contributed by atoms with Crippen molar-refractivity contribution < 1.29 is 9.90 Å². The van der Waals surface area contributed by atoms with Crippen molar-refractivity contribution in [3.8, 4) is 0 Å². The number of rotatable bonds is 4. The molecule has 1 aliphatic heterocycles. The summed E-state index contributed by atoms with van der Waals surface area (Å²) in [4.78, 5) is 18.0. The van der Waals surface area contributed by atoms with E-state index in [1.54, 1.807) is 12.4 Å². The number of carboxylic acids is 1. The largest absolute Gasteiger partial charge is 0.481 e. The van der Waals surface area contributed by atoms with E-state index < -0.39 is 11.4 Å². The lowest BCUT2D eigenvalue weighted by Crippen LogP contribution is -2.49. The molecule has 18 heavy (non-hydrogen) atoms. The Labute approximate surface area is 108 Å². The van der Waals surface area contributed by atoms with Gasteiger partial charge in [-0.2, -0.15) is 0 Å². The molecular formula is C14H20N2O2. The van der Waals surface area contributed by atoms with Gasteiger partial charge in [-0.3, -0.25) is 9.78 Å². The van der Waals surface area contributed by atoms with Crippen molar-refractivity contribution in [2.24, 2.45) is 5.41 Å². The molecule has 0 aromatic carbocycles. The van der Waals surface area contributed by atoms with Crippen LogP contribution in [0.2, 0.25) is 0 Å². The molecule has 1 N–H and O–H groups in total. The minimum Gasteiger partial charge on any atom is -0.481 e. The second-order valence-electron chi connectivity index (χ2n) is 5.10. The third-order valence-corrected chi connectivity index (χ3v) is 3.82. The Balaban J connectivity index is 2.19. The number of likely N-dealkylation sites (tertiary alicyclic amines) is 1. The second kappa shape index (κ2) is 5.48. The van der Waals surface area contributed by atoms with E-state index in [0.717, 1.165) is 31.5 Å². The first kappa shape index (κ1) is 13.0. The predicted molar refractivity (Wildman–Crippen MR) is 69.4 cm³/mol. The highest BCUT2D eigenvalue weighted by Gasteiger charge is 2.42. The number of aromatic nitrogens is 1. The molecule has 0 radical (unpaired) electrons. The zero-order chi connectivity index (χ0) is 13.0. The van der Waals surface area contributed by atoms with E-state index in [4.69, 9.17) is 0 Å². The number of carboxylic acid groups (broad SMARTS) is 1. The fourth-order valence-electron chi connectivity index (χ4n) is 2.79. The number of aliphatic carboxylic acids is 1. The average Bonchev–Trinajstić information content (AvgIpc) is 2.40. The molecule has 0 amide bonds. The topological polar surface area (TPSA) is 53.4 Å². The third-order valence-electron chi connectivity index (χ3n) is 3.82. The Hall–Kier alpha value is -1.42. The molecule has 0 saturated carbocycles. The SMILES string of the molecule is CCN1CCCC(Cc2cccnc2)(C(=O)O)C1. The van der Waals surface area contributed by atoms with Crippen LogP contribution in [-0.2, 0) is 11.2 Å². The van der Waals surface area contributed by atoms with Crippen molar-refractivity contribution in [1.29, 1.82) is 0 Å². The van der Waals surface area contributed by atoms with Crippen molar-refractivity contribution in [3.63, 3.8) is 0 Å². The van der Waals surface area contributed by atoms with Crippen LogP contribution < -0.4 is 0 Å². The minimum atomic E-state index is -0.676. The number of hydrogen-bond donors (Lipinski definition) is 1. The molecule has 1 atom stereocenters. The molecule has 0 bridgehead atoms. The van der Waals surface area contributed by atoms with Crippen LogP contribution in [0.3, 0.4) is 0 Å². The lowest BCUT2D eigenvalue weighted by molar-refractivity contribution is -0.152. The molecule has 2 rings (SSSR count). The van der Waals surface area contributed by atoms with E-state index in [9.17, 15) is 9.90 Å². The van der Waals surface area contributed by atoms with Crippen molar-refractivity contribution in [2.45, 2.75) is 26.2 Å². The van der Waals surface area contributed by atoms with Gasteiger partial charge in [0.1, 0.15) is 0 Å². The van der Waals surface area contributed by atoms with E-state index >= 15 is 0 Å². The number of nitrogens with zero attached hydrogens (tertiary/aromatic N) is 2. The molecule has 2 heterocycles. The number of pyridine rings is 1. The van der Waals surface area contributed by atoms with Gasteiger partial charge in [-0.15, -0.1) is 0 Å². The Morgan fingerprint density at radius 2 is 2.44 bits per heavy atom. The van der Waals surface area contributed by atoms with Gasteiger partial charge < -0.3 is 10.0 Å². The normalized spacial score (nSPS) is 24.9. The number of carbonyl (C=O) groups is 1. The van der Waals surface area contributed by atoms with Gasteiger partial charge in [0.25, 0.3) is 0 Å². The lowest BCUT2D eigenvalue weighted by atomic mass is 9.75. The average molecular weight is 248 g/mol. The van der Waals surface area contributed by atoms with Crippen molar-refractivity contribution in [3.05, 3.63) is 30.1 Å². The second-order valence-corrected chi connectivity index (χ2v) is 5.10. The van der Waals surface area contributed by atoms with Crippen molar-refractivity contribution in [2.75, 3.05) is 19.6 Å². The zero-order valence-corrected chi connectivity index (χ0v) is 10.8. The molecule has 0 spiro atoms. The molecule has 4 heteroatoms. The lowest BCUT2D eigenvalue weighted by Gasteiger charge is -2.39. The molecule has 98 valence electrons. The van der Waals surface area contributed by atoms with Crippen LogP contribution in [0.5, 0.6) is 0 Å². The van der Waals surface area contributed by atoms with Gasteiger partial charge in [-0.1, -0.05) is 13.0 Å². The van der Waals surface area contributed by atoms with Crippen LogP contribution in [-0.4, -0.2) is 40.6 Å². The Morgan fingerprint density at radius 3 is 3.06 bits per heavy atom. The monoisotopic (exact) mass is 248 g/mol. The van der Waals surface area contributed by atoms with Gasteiger partial charge in [0.05, 0.1) is 5.41 Å². The summed E-state index contributed by atoms with van der Waals surface area (Å²) in [6.45, 7) is 4.66. The van der Waals surface area contributed by atoms with E-state index in [2.05, 4.69) is 16.8 Å². The van der Waals surface area contributed by atoms with E-state index in [1.165, 1.54) is 0 Å². The number of piperidine rings is 1. The van der Waals surface area contributed by atoms with Crippen LogP contribution in [0.1, 0.15) is 25.3 Å². The van der Waals surface area contributed by atoms with Gasteiger partial charge in [0.15, 0.2) is 0 Å². The standard InChI is InChI=1S/C14H20N2O2/c1-2-16-8-4-6-14(11-16,13(17)18)9-12-5-3-7-15-10-12/h3,5,7,10H,2,4,6,8-9,11H2,1H3,(H,17,18). The van der Waals surface area contributed by atoms with Gasteiger partial charge in [-0.05, 0) is 44.0 Å². The van der Waals surface area contributed by atoms with Gasteiger partial charge in [0, 0.05) is 18.9 Å². The molecular weight excluding hydrogens is 228 g/mol. The summed E-state index contributed by atoms with van der Waals surface area (Å²) in [5.41, 5.74) is 0.370. The maximum absolute atomic E-state index is 11.7. The molecule has 1 aromatic rings. The van der Waals surface area contributed by atoms with Gasteiger partial charge in [-0.25, -0.2) is 0 Å². The van der Waals surface area contributed by atoms with Gasteiger partial charge >= 0.3 is 5.97 Å². The molecule has 1 aliphatic rings. The highest BCUT2D eigenvalue weighted by atomic mass is 16.4. The summed E-state index contributed by atoms with van der Waals surface area (Å²) in [6, 6.07) is 3.83. The Morgan fingerprint density at radius 1 is 1.61 bits per heavy atom. The number of hydrogen-bond acceptors (Lipinski definition) is 3. The smallest absolute Gasteiger partial charge is 0.311 e. The van der Waals surface area contributed by atoms with Gasteiger partial charge in [0.2, 0.25) is 0 Å². The highest BCUT2D eigenvalue weighted by Crippen LogP contribution is 2.33. The summed E-state index contributed by atoms with van der Waals surface area (Å²) in [6.07, 6.45) is 5.78. The van der Waals surface area contributed by atoms with Crippen molar-refractivity contribution >= 4 is 5.97 Å². The summed E-state index contributed by atoms with van der Waals surface area (Å²) < 4.78 is 0. The van der Waals surface area contributed by atoms with Crippen LogP contribution in [0, 0.1) is 5.41 Å². The minimum absolute atomic E-state index is 0.576. The maximum Gasteiger partial charge on any atom is 0.311 e. The van der Waals surface area contributed by atoms with E-state index in [0.29, 0.717) is 13.0 Å². The fourth-order valence-corrected chi connectivity index (χ4v) is 2.79. The molecule has 1 unspecified atom stereocenters. The van der Waals surface area contributed by atoms with Crippen LogP contribution in [0.4, 0.5) is 0 Å². The van der Waals surface area contributed by atoms with Crippen LogP contribution in [0.25, 0.3) is 0 Å². The molecule has 1 aromatic heterocycles. The fraction of sp³-hybridized carbons (Fsp3) is 0.571. The van der Waals surface area contributed by atoms with Crippen LogP contribution >= 0.6 is 0 Å². The third kappa shape index (κ3) is 2.70. The zero-order valence-electron chi connectivity index (χ0n) is 10.8. The maximum atomic E-state index is 11.7. The van der Waals surface area contributed by atoms with Crippen molar-refractivity contribution in [1.82, 2.24) is 9.88 Å². The first-order chi connectivity index (χ1) is 8.66. The summed E-state index contributed by atoms with van der Waals surface area (Å²) in [5.74, 6) is -0.676. The quantitative estimate of drug-likeness (QED) is 0.883. The summed E-state index contributed by atoms with van der Waals surface area (Å²) >= 11 is 0. The molecule has 1 fully saturated rings. The predicted octanol–water partition coefficient (Wildman–Crippen LogP) is 1.81.